The molecule has 2 aromatic rings. The van der Waals surface area contributed by atoms with Crippen LogP contribution in [-0.2, 0) is 9.47 Å². The molecule has 0 aliphatic heterocycles. The zero-order chi connectivity index (χ0) is 17.0. The Hall–Kier alpha value is -2.94. The molecule has 0 radical (unpaired) electrons. The number of hydrogen-bond acceptors (Lipinski definition) is 7. The Morgan fingerprint density at radius 2 is 1.65 bits per heavy atom. The van der Waals surface area contributed by atoms with Crippen molar-refractivity contribution in [3.8, 4) is 0 Å². The van der Waals surface area contributed by atoms with Crippen LogP contribution < -0.4 is 10.6 Å². The fourth-order valence-corrected chi connectivity index (χ4v) is 2.54. The third kappa shape index (κ3) is 3.46. The van der Waals surface area contributed by atoms with Crippen molar-refractivity contribution in [2.75, 3.05) is 19.1 Å². The summed E-state index contributed by atoms with van der Waals surface area (Å²) in [7, 11) is 2.42. The Kier molecular flexibility index (Phi) is 4.91. The van der Waals surface area contributed by atoms with E-state index in [1.807, 2.05) is 0 Å². The SMILES string of the molecule is COC(=O)c1cc(C(=O)OC)cc(N(C(N)=O)c2nccs2)c1. The summed E-state index contributed by atoms with van der Waals surface area (Å²) in [5.74, 6) is -1.33. The molecule has 8 nitrogen and oxygen atoms in total. The molecular formula is C14H13N3O5S. The molecule has 2 rings (SSSR count). The van der Waals surface area contributed by atoms with E-state index in [-0.39, 0.29) is 16.8 Å². The van der Waals surface area contributed by atoms with Crippen molar-refractivity contribution >= 4 is 40.1 Å². The molecule has 120 valence electrons. The zero-order valence-electron chi connectivity index (χ0n) is 12.3. The van der Waals surface area contributed by atoms with E-state index in [0.717, 1.165) is 4.90 Å². The number of nitrogens with zero attached hydrogens (tertiary/aromatic N) is 2. The number of carbonyl (C=O) groups is 3. The lowest BCUT2D eigenvalue weighted by molar-refractivity contribution is 0.0599. The van der Waals surface area contributed by atoms with Gasteiger partial charge in [-0.05, 0) is 18.2 Å². The highest BCUT2D eigenvalue weighted by Crippen LogP contribution is 2.29. The molecule has 0 unspecified atom stereocenters. The van der Waals surface area contributed by atoms with Crippen molar-refractivity contribution in [2.24, 2.45) is 5.73 Å². The lowest BCUT2D eigenvalue weighted by Gasteiger charge is -2.18. The maximum Gasteiger partial charge on any atom is 0.337 e. The summed E-state index contributed by atoms with van der Waals surface area (Å²) < 4.78 is 9.30. The van der Waals surface area contributed by atoms with Crippen molar-refractivity contribution < 1.29 is 23.9 Å². The standard InChI is InChI=1S/C14H13N3O5S/c1-21-11(18)8-5-9(12(19)22-2)7-10(6-8)17(13(15)20)14-16-3-4-23-14/h3-7H,1-2H3,(H2,15,20). The molecule has 0 saturated carbocycles. The number of urea groups is 1. The fraction of sp³-hybridized carbons (Fsp3) is 0.143. The molecule has 0 spiro atoms. The normalized spacial score (nSPS) is 10.0. The third-order valence-electron chi connectivity index (χ3n) is 2.85. The van der Waals surface area contributed by atoms with Crippen molar-refractivity contribution in [1.29, 1.82) is 0 Å². The Labute approximate surface area is 135 Å². The van der Waals surface area contributed by atoms with Crippen molar-refractivity contribution in [1.82, 2.24) is 4.98 Å². The van der Waals surface area contributed by atoms with Gasteiger partial charge < -0.3 is 15.2 Å². The van der Waals surface area contributed by atoms with Gasteiger partial charge in [0.25, 0.3) is 0 Å². The number of primary amides is 1. The van der Waals surface area contributed by atoms with Crippen LogP contribution in [-0.4, -0.2) is 37.2 Å². The van der Waals surface area contributed by atoms with Gasteiger partial charge in [0.05, 0.1) is 31.0 Å². The number of esters is 2. The van der Waals surface area contributed by atoms with Crippen LogP contribution in [0.4, 0.5) is 15.6 Å². The van der Waals surface area contributed by atoms with E-state index in [2.05, 4.69) is 14.5 Å². The summed E-state index contributed by atoms with van der Waals surface area (Å²) in [6.45, 7) is 0. The van der Waals surface area contributed by atoms with Gasteiger partial charge in [0, 0.05) is 11.6 Å². The van der Waals surface area contributed by atoms with Crippen LogP contribution in [0.25, 0.3) is 0 Å². The molecular weight excluding hydrogens is 322 g/mol. The molecule has 1 aromatic heterocycles. The van der Waals surface area contributed by atoms with E-state index >= 15 is 0 Å². The predicted molar refractivity (Wildman–Crippen MR) is 83.0 cm³/mol. The number of ether oxygens (including phenoxy) is 2. The lowest BCUT2D eigenvalue weighted by Crippen LogP contribution is -2.31. The number of anilines is 2. The number of benzene rings is 1. The average Bonchev–Trinajstić information content (AvgIpc) is 3.06. The van der Waals surface area contributed by atoms with E-state index in [1.165, 1.54) is 50.0 Å². The summed E-state index contributed by atoms with van der Waals surface area (Å²) in [5, 5.41) is 1.96. The molecule has 2 amide bonds. The molecule has 0 aliphatic rings. The summed E-state index contributed by atoms with van der Waals surface area (Å²) in [5.41, 5.74) is 5.76. The number of carbonyl (C=O) groups excluding carboxylic acids is 3. The first-order valence-corrected chi connectivity index (χ1v) is 7.16. The van der Waals surface area contributed by atoms with Gasteiger partial charge in [-0.15, -0.1) is 11.3 Å². The zero-order valence-corrected chi connectivity index (χ0v) is 13.1. The molecule has 0 saturated heterocycles. The van der Waals surface area contributed by atoms with Crippen LogP contribution in [0.15, 0.2) is 29.8 Å². The van der Waals surface area contributed by atoms with Gasteiger partial charge in [-0.3, -0.25) is 0 Å². The van der Waals surface area contributed by atoms with Crippen LogP contribution in [0.5, 0.6) is 0 Å². The van der Waals surface area contributed by atoms with Crippen LogP contribution >= 0.6 is 11.3 Å². The minimum absolute atomic E-state index is 0.0770. The highest BCUT2D eigenvalue weighted by molar-refractivity contribution is 7.13. The topological polar surface area (TPSA) is 112 Å². The van der Waals surface area contributed by atoms with Crippen LogP contribution in [0.1, 0.15) is 20.7 Å². The quantitative estimate of drug-likeness (QED) is 0.855. The van der Waals surface area contributed by atoms with Gasteiger partial charge in [-0.2, -0.15) is 0 Å². The Morgan fingerprint density at radius 3 is 2.04 bits per heavy atom. The smallest absolute Gasteiger partial charge is 0.337 e. The monoisotopic (exact) mass is 335 g/mol. The largest absolute Gasteiger partial charge is 0.465 e. The number of amides is 2. The Bertz CT molecular complexity index is 711. The van der Waals surface area contributed by atoms with Gasteiger partial charge in [-0.1, -0.05) is 0 Å². The van der Waals surface area contributed by atoms with Gasteiger partial charge in [0.2, 0.25) is 0 Å². The lowest BCUT2D eigenvalue weighted by atomic mass is 10.1. The second-order valence-electron chi connectivity index (χ2n) is 4.24. The summed E-state index contributed by atoms with van der Waals surface area (Å²) in [6, 6.07) is 3.26. The Balaban J connectivity index is 2.61. The first kappa shape index (κ1) is 16.4. The van der Waals surface area contributed by atoms with E-state index in [0.29, 0.717) is 5.13 Å². The second-order valence-corrected chi connectivity index (χ2v) is 5.11. The molecule has 0 bridgehead atoms. The van der Waals surface area contributed by atoms with Crippen molar-refractivity contribution in [2.45, 2.75) is 0 Å². The molecule has 0 aliphatic carbocycles. The van der Waals surface area contributed by atoms with Gasteiger partial charge in [0.15, 0.2) is 5.13 Å². The predicted octanol–water partition coefficient (Wildman–Crippen LogP) is 1.93. The van der Waals surface area contributed by atoms with Crippen molar-refractivity contribution in [3.05, 3.63) is 40.9 Å². The summed E-state index contributed by atoms with van der Waals surface area (Å²) in [6.07, 6.45) is 1.50. The van der Waals surface area contributed by atoms with Crippen LogP contribution in [0, 0.1) is 0 Å². The van der Waals surface area contributed by atoms with Gasteiger partial charge in [-0.25, -0.2) is 24.3 Å². The Morgan fingerprint density at radius 1 is 1.09 bits per heavy atom. The number of nitrogens with two attached hydrogens (primary N) is 1. The number of aromatic nitrogens is 1. The number of rotatable bonds is 4. The molecule has 23 heavy (non-hydrogen) atoms. The van der Waals surface area contributed by atoms with Crippen molar-refractivity contribution in [3.63, 3.8) is 0 Å². The third-order valence-corrected chi connectivity index (χ3v) is 3.61. The maximum atomic E-state index is 11.8. The average molecular weight is 335 g/mol. The summed E-state index contributed by atoms with van der Waals surface area (Å²) in [4.78, 5) is 40.5. The van der Waals surface area contributed by atoms with E-state index in [1.54, 1.807) is 5.38 Å². The molecule has 0 fully saturated rings. The highest BCUT2D eigenvalue weighted by Gasteiger charge is 2.22. The first-order valence-electron chi connectivity index (χ1n) is 6.28. The van der Waals surface area contributed by atoms with E-state index in [4.69, 9.17) is 5.73 Å². The number of thiazole rings is 1. The number of hydrogen-bond donors (Lipinski definition) is 1. The van der Waals surface area contributed by atoms with Crippen LogP contribution in [0.3, 0.4) is 0 Å². The van der Waals surface area contributed by atoms with Gasteiger partial charge >= 0.3 is 18.0 Å². The molecule has 0 atom stereocenters. The minimum atomic E-state index is -0.808. The molecule has 1 aromatic carbocycles. The van der Waals surface area contributed by atoms with Crippen LogP contribution in [0.2, 0.25) is 0 Å². The molecule has 1 heterocycles. The highest BCUT2D eigenvalue weighted by atomic mass is 32.1. The van der Waals surface area contributed by atoms with E-state index in [9.17, 15) is 14.4 Å². The first-order chi connectivity index (χ1) is 11.0. The minimum Gasteiger partial charge on any atom is -0.465 e. The maximum absolute atomic E-state index is 11.8. The van der Waals surface area contributed by atoms with Gasteiger partial charge in [0.1, 0.15) is 0 Å². The number of methoxy groups -OCH3 is 2. The summed E-state index contributed by atoms with van der Waals surface area (Å²) >= 11 is 1.18. The molecule has 2 N–H and O–H groups in total. The second kappa shape index (κ2) is 6.88. The fourth-order valence-electron chi connectivity index (χ4n) is 1.87. The molecule has 9 heteroatoms. The van der Waals surface area contributed by atoms with E-state index < -0.39 is 18.0 Å².